The summed E-state index contributed by atoms with van der Waals surface area (Å²) in [5.41, 5.74) is -0.780. The number of aromatic nitrogens is 2. The first kappa shape index (κ1) is 10.7. The maximum atomic E-state index is 11.5. The van der Waals surface area contributed by atoms with Gasteiger partial charge in [-0.15, -0.1) is 0 Å². The first-order valence-electron chi connectivity index (χ1n) is 4.39. The molecular formula is C10H7BrN2O3. The fourth-order valence-electron chi connectivity index (χ4n) is 1.36. The molecule has 0 saturated carbocycles. The van der Waals surface area contributed by atoms with Crippen molar-refractivity contribution in [2.45, 2.75) is 0 Å². The van der Waals surface area contributed by atoms with Crippen molar-refractivity contribution in [2.75, 3.05) is 0 Å². The number of halogens is 1. The van der Waals surface area contributed by atoms with Gasteiger partial charge in [-0.3, -0.25) is 14.8 Å². The molecule has 0 aliphatic carbocycles. The smallest absolute Gasteiger partial charge is 0.328 e. The van der Waals surface area contributed by atoms with Crippen molar-refractivity contribution in [3.63, 3.8) is 0 Å². The Balaban J connectivity index is 2.69. The Labute approximate surface area is 97.9 Å². The summed E-state index contributed by atoms with van der Waals surface area (Å²) in [5, 5.41) is 9.51. The van der Waals surface area contributed by atoms with Crippen LogP contribution in [-0.2, 0) is 0 Å². The molecule has 0 spiro atoms. The highest BCUT2D eigenvalue weighted by Crippen LogP contribution is 2.23. The number of nitrogens with one attached hydrogen (secondary N) is 2. The van der Waals surface area contributed by atoms with Crippen LogP contribution < -0.4 is 11.2 Å². The van der Waals surface area contributed by atoms with Crippen molar-refractivity contribution in [3.05, 3.63) is 49.6 Å². The number of benzene rings is 1. The molecule has 6 heteroatoms. The molecule has 0 aliphatic heterocycles. The van der Waals surface area contributed by atoms with Crippen molar-refractivity contribution in [3.8, 4) is 17.0 Å². The molecular weight excluding hydrogens is 276 g/mol. The van der Waals surface area contributed by atoms with Gasteiger partial charge in [-0.05, 0) is 17.7 Å². The lowest BCUT2D eigenvalue weighted by molar-refractivity contribution is 0.451. The lowest BCUT2D eigenvalue weighted by atomic mass is 10.1. The van der Waals surface area contributed by atoms with E-state index in [1.165, 1.54) is 0 Å². The first-order valence-corrected chi connectivity index (χ1v) is 5.19. The van der Waals surface area contributed by atoms with Crippen LogP contribution in [0.15, 0.2) is 38.3 Å². The molecule has 5 nitrogen and oxygen atoms in total. The third-order valence-corrected chi connectivity index (χ3v) is 2.58. The van der Waals surface area contributed by atoms with E-state index in [4.69, 9.17) is 0 Å². The lowest BCUT2D eigenvalue weighted by Gasteiger charge is -2.02. The third kappa shape index (κ3) is 1.92. The predicted octanol–water partition coefficient (Wildman–Crippen LogP) is 1.20. The van der Waals surface area contributed by atoms with Crippen LogP contribution in [0, 0.1) is 0 Å². The van der Waals surface area contributed by atoms with E-state index in [2.05, 4.69) is 25.9 Å². The van der Waals surface area contributed by atoms with E-state index < -0.39 is 17.1 Å². The summed E-state index contributed by atoms with van der Waals surface area (Å²) < 4.78 is 0.858. The summed E-state index contributed by atoms with van der Waals surface area (Å²) in [7, 11) is 0. The van der Waals surface area contributed by atoms with Crippen LogP contribution in [0.3, 0.4) is 0 Å². The summed E-state index contributed by atoms with van der Waals surface area (Å²) >= 11 is 3.26. The van der Waals surface area contributed by atoms with E-state index in [1.807, 2.05) is 0 Å². The Bertz CT molecular complexity index is 628. The standard InChI is InChI=1S/C10H7BrN2O3/c11-6-3-1-5(2-4-6)7-8(14)12-10(16)13-9(7)15/h1-4H,(H3,12,13,14,15,16). The number of aromatic hydroxyl groups is 1. The van der Waals surface area contributed by atoms with Crippen molar-refractivity contribution in [1.82, 2.24) is 9.97 Å². The fraction of sp³-hybridized carbons (Fsp3) is 0. The monoisotopic (exact) mass is 282 g/mol. The largest absolute Gasteiger partial charge is 0.494 e. The SMILES string of the molecule is O=c1[nH]c(O)c(-c2ccc(Br)cc2)c(=O)[nH]1. The average molecular weight is 283 g/mol. The van der Waals surface area contributed by atoms with Crippen LogP contribution >= 0.6 is 15.9 Å². The fourth-order valence-corrected chi connectivity index (χ4v) is 1.62. The zero-order valence-corrected chi connectivity index (χ0v) is 9.54. The van der Waals surface area contributed by atoms with Gasteiger partial charge in [-0.2, -0.15) is 0 Å². The molecule has 2 aromatic rings. The predicted molar refractivity (Wildman–Crippen MR) is 62.5 cm³/mol. The zero-order valence-electron chi connectivity index (χ0n) is 7.95. The topological polar surface area (TPSA) is 85.9 Å². The average Bonchev–Trinajstić information content (AvgIpc) is 2.19. The number of rotatable bonds is 1. The molecule has 0 amide bonds. The van der Waals surface area contributed by atoms with Gasteiger partial charge in [0.15, 0.2) is 0 Å². The van der Waals surface area contributed by atoms with Gasteiger partial charge in [0.05, 0.1) is 0 Å². The highest BCUT2D eigenvalue weighted by Gasteiger charge is 2.10. The van der Waals surface area contributed by atoms with Gasteiger partial charge >= 0.3 is 5.69 Å². The molecule has 1 aromatic carbocycles. The molecule has 2 rings (SSSR count). The molecule has 0 saturated heterocycles. The Morgan fingerprint density at radius 1 is 1.06 bits per heavy atom. The molecule has 0 atom stereocenters. The van der Waals surface area contributed by atoms with E-state index in [9.17, 15) is 14.7 Å². The lowest BCUT2D eigenvalue weighted by Crippen LogP contribution is -2.23. The summed E-state index contributed by atoms with van der Waals surface area (Å²) in [4.78, 5) is 26.5. The van der Waals surface area contributed by atoms with Gasteiger partial charge in [0.2, 0.25) is 5.88 Å². The minimum atomic E-state index is -0.733. The Kier molecular flexibility index (Phi) is 2.66. The van der Waals surface area contributed by atoms with Crippen LogP contribution in [0.1, 0.15) is 0 Å². The normalized spacial score (nSPS) is 10.3. The Hall–Kier alpha value is -1.82. The minimum Gasteiger partial charge on any atom is -0.494 e. The Morgan fingerprint density at radius 2 is 1.69 bits per heavy atom. The number of hydrogen-bond donors (Lipinski definition) is 3. The highest BCUT2D eigenvalue weighted by molar-refractivity contribution is 9.10. The van der Waals surface area contributed by atoms with Crippen molar-refractivity contribution >= 4 is 15.9 Å². The van der Waals surface area contributed by atoms with Crippen LogP contribution in [0.25, 0.3) is 11.1 Å². The van der Waals surface area contributed by atoms with Crippen molar-refractivity contribution in [1.29, 1.82) is 0 Å². The van der Waals surface area contributed by atoms with Crippen molar-refractivity contribution in [2.24, 2.45) is 0 Å². The number of aromatic amines is 2. The van der Waals surface area contributed by atoms with Gasteiger partial charge in [-0.25, -0.2) is 4.79 Å². The highest BCUT2D eigenvalue weighted by atomic mass is 79.9. The van der Waals surface area contributed by atoms with E-state index >= 15 is 0 Å². The second kappa shape index (κ2) is 3.97. The molecule has 0 fully saturated rings. The molecule has 82 valence electrons. The summed E-state index contributed by atoms with van der Waals surface area (Å²) in [6.07, 6.45) is 0. The van der Waals surface area contributed by atoms with Crippen LogP contribution in [0.5, 0.6) is 5.88 Å². The van der Waals surface area contributed by atoms with Gasteiger partial charge in [0.25, 0.3) is 5.56 Å². The quantitative estimate of drug-likeness (QED) is 0.735. The summed E-state index contributed by atoms with van der Waals surface area (Å²) in [6.45, 7) is 0. The van der Waals surface area contributed by atoms with Crippen LogP contribution in [0.2, 0.25) is 0 Å². The van der Waals surface area contributed by atoms with Crippen LogP contribution in [-0.4, -0.2) is 15.1 Å². The van der Waals surface area contributed by atoms with Gasteiger partial charge < -0.3 is 5.11 Å². The third-order valence-electron chi connectivity index (χ3n) is 2.06. The number of hydrogen-bond acceptors (Lipinski definition) is 3. The molecule has 0 bridgehead atoms. The Morgan fingerprint density at radius 3 is 2.25 bits per heavy atom. The second-order valence-electron chi connectivity index (χ2n) is 3.14. The molecule has 3 N–H and O–H groups in total. The van der Waals surface area contributed by atoms with Crippen molar-refractivity contribution < 1.29 is 5.11 Å². The van der Waals surface area contributed by atoms with Gasteiger partial charge in [0, 0.05) is 4.47 Å². The van der Waals surface area contributed by atoms with E-state index in [-0.39, 0.29) is 5.56 Å². The van der Waals surface area contributed by atoms with E-state index in [0.717, 1.165) is 4.47 Å². The molecule has 1 aromatic heterocycles. The second-order valence-corrected chi connectivity index (χ2v) is 4.05. The summed E-state index contributed by atoms with van der Waals surface area (Å²) in [5.74, 6) is -0.434. The molecule has 0 aliphatic rings. The summed E-state index contributed by atoms with van der Waals surface area (Å²) in [6, 6.07) is 6.79. The van der Waals surface area contributed by atoms with E-state index in [1.54, 1.807) is 24.3 Å². The maximum Gasteiger partial charge on any atom is 0.328 e. The first-order chi connectivity index (χ1) is 7.58. The molecule has 0 radical (unpaired) electrons. The van der Waals surface area contributed by atoms with E-state index in [0.29, 0.717) is 5.56 Å². The molecule has 1 heterocycles. The zero-order chi connectivity index (χ0) is 11.7. The van der Waals surface area contributed by atoms with Gasteiger partial charge in [-0.1, -0.05) is 28.1 Å². The molecule has 0 unspecified atom stereocenters. The van der Waals surface area contributed by atoms with Gasteiger partial charge in [0.1, 0.15) is 5.56 Å². The van der Waals surface area contributed by atoms with Crippen LogP contribution in [0.4, 0.5) is 0 Å². The maximum absolute atomic E-state index is 11.5. The number of H-pyrrole nitrogens is 2. The minimum absolute atomic E-state index is 0.0482. The molecule has 16 heavy (non-hydrogen) atoms.